The van der Waals surface area contributed by atoms with Crippen LogP contribution < -0.4 is 22.9 Å². The molecule has 0 amide bonds. The van der Waals surface area contributed by atoms with Gasteiger partial charge in [-0.05, 0) is 47.2 Å². The summed E-state index contributed by atoms with van der Waals surface area (Å²) in [4.78, 5) is 96.5. The minimum Gasteiger partial charge on any atom is -0.387 e. The minimum absolute atomic E-state index is 0.0220. The van der Waals surface area contributed by atoms with Crippen molar-refractivity contribution in [3.05, 3.63) is 50.6 Å². The molecule has 12 rings (SSSR count). The number of aromatic nitrogens is 16. The maximum absolute atomic E-state index is 12.1. The van der Waals surface area contributed by atoms with Crippen LogP contribution in [0.25, 0.3) is 44.7 Å². The largest absolute Gasteiger partial charge is 0.387 e. The highest BCUT2D eigenvalue weighted by Gasteiger charge is 2.54. The van der Waals surface area contributed by atoms with Crippen LogP contribution in [0.1, 0.15) is 24.9 Å². The number of anilines is 4. The minimum atomic E-state index is -5.34. The molecule has 0 spiro atoms. The molecule has 4 aliphatic heterocycles. The van der Waals surface area contributed by atoms with Crippen LogP contribution >= 0.6 is 26.9 Å². The molecule has 8 aromatic heterocycles. The van der Waals surface area contributed by atoms with Gasteiger partial charge in [0.05, 0.1) is 51.7 Å². The smallest absolute Gasteiger partial charge is 0.329 e. The van der Waals surface area contributed by atoms with Crippen molar-refractivity contribution in [2.24, 2.45) is 0 Å². The zero-order chi connectivity index (χ0) is 67.1. The predicted molar refractivity (Wildman–Crippen MR) is 324 cm³/mol. The van der Waals surface area contributed by atoms with Crippen LogP contribution in [0.2, 0.25) is 0 Å². The Morgan fingerprint density at radius 1 is 0.362 bits per heavy atom. The van der Waals surface area contributed by atoms with E-state index in [0.717, 1.165) is 25.3 Å². The van der Waals surface area contributed by atoms with Gasteiger partial charge in [-0.1, -0.05) is 0 Å². The highest BCUT2D eigenvalue weighted by molar-refractivity contribution is 8.08. The highest BCUT2D eigenvalue weighted by atomic mass is 32.5. The number of aliphatic hydroxyl groups excluding tert-OH is 8. The second-order valence-electron chi connectivity index (χ2n) is 20.8. The van der Waals surface area contributed by atoms with Gasteiger partial charge in [0.2, 0.25) is 0 Å². The molecule has 4 aliphatic rings. The van der Waals surface area contributed by atoms with Crippen LogP contribution in [0.3, 0.4) is 0 Å². The number of nitrogens with zero attached hydrogens (tertiary/aromatic N) is 16. The molecule has 20 N–H and O–H groups in total. The molecule has 510 valence electrons. The Balaban J connectivity index is 0.831. The van der Waals surface area contributed by atoms with Crippen LogP contribution in [0.4, 0.5) is 23.3 Å². The van der Waals surface area contributed by atoms with Crippen molar-refractivity contribution in [2.45, 2.75) is 104 Å². The Bertz CT molecular complexity index is 4010. The fourth-order valence-electron chi connectivity index (χ4n) is 10.2. The first-order valence-electron chi connectivity index (χ1n) is 26.9. The molecule has 0 aliphatic carbocycles. The summed E-state index contributed by atoms with van der Waals surface area (Å²) in [6.07, 6.45) is -17.5. The molecule has 4 fully saturated rings. The first-order valence-corrected chi connectivity index (χ1v) is 37.2. The Morgan fingerprint density at radius 3 is 0.840 bits per heavy atom. The summed E-state index contributed by atoms with van der Waals surface area (Å²) in [7, 11) is 0. The Hall–Kier alpha value is -4.96. The SMILES string of the molecule is Nc1ncnc2c1ncn2[C@@H]1O[C@H](COP(O)(=S)OCC(OP(O)(=S)OC[C@H]2O[C@@H](n3cnc4c(N)ncnc43)[C@H](O)[C@@H]2O)(OP(O)(=S)OC[C@H]2O[C@@H](n3cnc4c(N)ncnc43)[C@H](O)[C@@H]2O)OP(O)(=S)OC[C@H]2O[C@@H](n3cnc4c(N)ncnc43)[C@H](O)[C@@H]2O)[C@@H](O)[C@H]1O. The lowest BCUT2D eigenvalue weighted by Crippen LogP contribution is -2.42. The van der Waals surface area contributed by atoms with E-state index in [9.17, 15) is 60.4 Å². The molecule has 0 aromatic carbocycles. The van der Waals surface area contributed by atoms with Gasteiger partial charge in [-0.3, -0.25) is 18.3 Å². The van der Waals surface area contributed by atoms with Crippen LogP contribution in [0.5, 0.6) is 0 Å². The molecule has 20 atom stereocenters. The maximum atomic E-state index is 12.1. The number of aliphatic hydroxyl groups is 8. The molecule has 0 bridgehead atoms. The molecule has 44 nitrogen and oxygen atoms in total. The molecule has 4 saturated heterocycles. The van der Waals surface area contributed by atoms with E-state index in [1.807, 2.05) is 0 Å². The van der Waals surface area contributed by atoms with Crippen molar-refractivity contribution < 1.29 is 116 Å². The molecule has 52 heteroatoms. The van der Waals surface area contributed by atoms with E-state index in [-0.39, 0.29) is 67.9 Å². The topological polar surface area (TPSA) is 632 Å². The highest BCUT2D eigenvalue weighted by Crippen LogP contribution is 2.62. The summed E-state index contributed by atoms with van der Waals surface area (Å²) in [6, 6.07) is 0. The fraction of sp³-hybridized carbons (Fsp3) is 0.524. The summed E-state index contributed by atoms with van der Waals surface area (Å²) >= 11 is 21.5. The normalized spacial score (nSPS) is 31.5. The number of fused-ring (bicyclic) bond motifs is 4. The zero-order valence-corrected chi connectivity index (χ0v) is 53.9. The van der Waals surface area contributed by atoms with E-state index in [2.05, 4.69) is 59.8 Å². The third-order valence-corrected chi connectivity index (χ3v) is 20.9. The van der Waals surface area contributed by atoms with E-state index >= 15 is 0 Å². The van der Waals surface area contributed by atoms with Gasteiger partial charge in [-0.15, -0.1) is 0 Å². The van der Waals surface area contributed by atoms with Crippen molar-refractivity contribution >= 4 is 142 Å². The van der Waals surface area contributed by atoms with E-state index in [0.29, 0.717) is 0 Å². The molecular formula is C42H54N20O24P4S4. The monoisotopic (exact) mass is 1470 g/mol. The van der Waals surface area contributed by atoms with Crippen molar-refractivity contribution in [3.63, 3.8) is 0 Å². The second-order valence-corrected chi connectivity index (χ2v) is 31.9. The fourth-order valence-corrected chi connectivity index (χ4v) is 15.6. The molecule has 0 saturated carbocycles. The summed E-state index contributed by atoms with van der Waals surface area (Å²) in [5.74, 6) is -3.93. The van der Waals surface area contributed by atoms with Crippen molar-refractivity contribution in [2.75, 3.05) is 56.0 Å². The number of nitrogens with two attached hydrogens (primary N) is 4. The van der Waals surface area contributed by atoms with E-state index in [1.165, 1.54) is 43.6 Å². The lowest BCUT2D eigenvalue weighted by molar-refractivity contribution is -0.280. The van der Waals surface area contributed by atoms with Crippen LogP contribution in [0.15, 0.2) is 50.6 Å². The summed E-state index contributed by atoms with van der Waals surface area (Å²) < 4.78 is 73.9. The van der Waals surface area contributed by atoms with Gasteiger partial charge < -0.3 is 125 Å². The van der Waals surface area contributed by atoms with E-state index in [1.54, 1.807) is 0 Å². The van der Waals surface area contributed by atoms with Gasteiger partial charge in [0.1, 0.15) is 127 Å². The van der Waals surface area contributed by atoms with Gasteiger partial charge >= 0.3 is 32.8 Å². The average Bonchev–Trinajstić information content (AvgIpc) is 1.50. The number of nitrogen functional groups attached to an aromatic ring is 4. The number of rotatable bonds is 25. The predicted octanol–water partition coefficient (Wildman–Crippen LogP) is -5.19. The Kier molecular flexibility index (Phi) is 19.6. The summed E-state index contributed by atoms with van der Waals surface area (Å²) in [5.41, 5.74) is 24.5. The van der Waals surface area contributed by atoms with Gasteiger partial charge in [0.15, 0.2) is 70.8 Å². The van der Waals surface area contributed by atoms with Gasteiger partial charge in [0, 0.05) is 0 Å². The first kappa shape index (κ1) is 69.0. The van der Waals surface area contributed by atoms with Crippen LogP contribution in [-0.4, -0.2) is 251 Å². The van der Waals surface area contributed by atoms with E-state index < -0.39 is 164 Å². The third kappa shape index (κ3) is 13.8. The molecular weight excluding hydrogens is 1420 g/mol. The Labute approximate surface area is 543 Å². The van der Waals surface area contributed by atoms with Gasteiger partial charge in [-0.2, -0.15) is 0 Å². The number of imidazole rings is 4. The number of ether oxygens (including phenoxy) is 4. The zero-order valence-electron chi connectivity index (χ0n) is 47.0. The standard InChI is InChI=1S/C42H54N20O24P4S4/c43-30-18-34(51-6-47-30)59(10-55-18)38-26(67)22(63)14(80-38)1-75-87(71,91)79-5-42(84-88(72,92)76-2-15-23(64)27(68)39(81-15)60-11-56-19-31(44)48-7-52-35(19)60,85-89(73,93)77-3-16-24(65)28(69)40(82-16)61-12-57-20-32(45)49-8-53-36(20)61)86-90(74,94)78-4-17-25(66)29(70)41(83-17)62-13-58-21-33(46)50-9-54-37(21)62/h6-17,22-29,38-41,63-70H,1-5H2,(H,71,91)(H,72,92)(H,73,93)(H,74,94)(H2,43,47,51)(H2,44,48,52)(H2,45,49,53)(H2,46,50,54)/t14-,15-,16-,17-,22-,23-,24-,25-,26-,27-,28-,29-,38-,39-,40-,41-,42?,87?,88?,89?,90?/m1/s1. The summed E-state index contributed by atoms with van der Waals surface area (Å²) in [6.45, 7) is -26.7. The lowest BCUT2D eigenvalue weighted by atomic mass is 10.1. The Morgan fingerprint density at radius 2 is 0.596 bits per heavy atom. The van der Waals surface area contributed by atoms with Crippen molar-refractivity contribution in [1.29, 1.82) is 0 Å². The summed E-state index contributed by atoms with van der Waals surface area (Å²) in [5, 5.41) is 89.8. The third-order valence-electron chi connectivity index (χ3n) is 14.8. The quantitative estimate of drug-likeness (QED) is 0.0188. The molecule has 8 aromatic rings. The number of hydrogen-bond acceptors (Lipinski definition) is 40. The van der Waals surface area contributed by atoms with E-state index in [4.69, 9.17) is 125 Å². The van der Waals surface area contributed by atoms with Crippen molar-refractivity contribution in [3.8, 4) is 0 Å². The molecule has 12 heterocycles. The lowest BCUT2D eigenvalue weighted by Gasteiger charge is -2.38. The first-order chi connectivity index (χ1) is 44.4. The number of hydrogen-bond donors (Lipinski definition) is 16. The van der Waals surface area contributed by atoms with Crippen LogP contribution in [-0.2, 0) is 102 Å². The second kappa shape index (κ2) is 26.7. The maximum Gasteiger partial charge on any atom is 0.329 e. The van der Waals surface area contributed by atoms with Gasteiger partial charge in [0.25, 0.3) is 0 Å². The molecule has 94 heavy (non-hydrogen) atoms. The van der Waals surface area contributed by atoms with Gasteiger partial charge in [-0.25, -0.2) is 73.4 Å². The average molecular weight is 1480 g/mol. The molecule has 4 unspecified atom stereocenters. The van der Waals surface area contributed by atoms with Crippen molar-refractivity contribution in [1.82, 2.24) is 78.1 Å². The van der Waals surface area contributed by atoms with Crippen LogP contribution in [0, 0.1) is 0 Å². The molecule has 0 radical (unpaired) electrons.